The Bertz CT molecular complexity index is 1260. The molecule has 1 aliphatic rings. The summed E-state index contributed by atoms with van der Waals surface area (Å²) in [5.41, 5.74) is 3.46. The van der Waals surface area contributed by atoms with Crippen molar-refractivity contribution in [2.24, 2.45) is 0 Å². The summed E-state index contributed by atoms with van der Waals surface area (Å²) < 4.78 is 7.70. The van der Waals surface area contributed by atoms with E-state index in [9.17, 15) is 4.79 Å². The number of aromatic nitrogens is 5. The summed E-state index contributed by atoms with van der Waals surface area (Å²) in [7, 11) is 0. The fourth-order valence-electron chi connectivity index (χ4n) is 4.13. The predicted octanol–water partition coefficient (Wildman–Crippen LogP) is 4.18. The van der Waals surface area contributed by atoms with Crippen molar-refractivity contribution < 1.29 is 9.53 Å². The van der Waals surface area contributed by atoms with Gasteiger partial charge < -0.3 is 9.64 Å². The minimum absolute atomic E-state index is 0.00903. The van der Waals surface area contributed by atoms with Crippen LogP contribution in [-0.4, -0.2) is 48.6 Å². The lowest BCUT2D eigenvalue weighted by molar-refractivity contribution is 0.0705. The number of hydrogen-bond donors (Lipinski definition) is 0. The predicted molar refractivity (Wildman–Crippen MR) is 123 cm³/mol. The van der Waals surface area contributed by atoms with Crippen LogP contribution in [0.2, 0.25) is 0 Å². The first-order chi connectivity index (χ1) is 16.2. The highest BCUT2D eigenvalue weighted by atomic mass is 16.5. The highest BCUT2D eigenvalue weighted by Gasteiger charge is 2.27. The second-order valence-corrected chi connectivity index (χ2v) is 8.21. The molecule has 0 unspecified atom stereocenters. The summed E-state index contributed by atoms with van der Waals surface area (Å²) in [6.45, 7) is 3.34. The molecule has 1 saturated heterocycles. The van der Waals surface area contributed by atoms with E-state index in [1.54, 1.807) is 29.6 Å². The van der Waals surface area contributed by atoms with Crippen LogP contribution >= 0.6 is 0 Å². The van der Waals surface area contributed by atoms with Gasteiger partial charge in [-0.25, -0.2) is 4.98 Å². The molecule has 1 amide bonds. The Kier molecular flexibility index (Phi) is 5.80. The summed E-state index contributed by atoms with van der Waals surface area (Å²) in [5.74, 6) is 1.31. The monoisotopic (exact) mass is 440 g/mol. The Hall–Kier alpha value is -4.07. The average molecular weight is 441 g/mol. The van der Waals surface area contributed by atoms with E-state index in [1.807, 2.05) is 60.4 Å². The zero-order valence-electron chi connectivity index (χ0n) is 18.3. The normalized spacial score (nSPS) is 15.9. The molecule has 1 aliphatic heterocycles. The first kappa shape index (κ1) is 20.8. The summed E-state index contributed by atoms with van der Waals surface area (Å²) >= 11 is 0. The van der Waals surface area contributed by atoms with E-state index in [0.29, 0.717) is 18.0 Å². The van der Waals surface area contributed by atoms with Gasteiger partial charge in [0.1, 0.15) is 18.4 Å². The van der Waals surface area contributed by atoms with E-state index in [-0.39, 0.29) is 11.8 Å². The zero-order chi connectivity index (χ0) is 22.6. The van der Waals surface area contributed by atoms with Crippen LogP contribution in [0.1, 0.15) is 40.4 Å². The Labute approximate surface area is 191 Å². The van der Waals surface area contributed by atoms with Crippen LogP contribution in [0.4, 0.5) is 0 Å². The molecule has 0 bridgehead atoms. The number of hydrogen-bond acceptors (Lipinski definition) is 6. The zero-order valence-corrected chi connectivity index (χ0v) is 18.3. The number of carbonyl (C=O) groups is 1. The van der Waals surface area contributed by atoms with Gasteiger partial charge in [-0.2, -0.15) is 0 Å². The number of amides is 1. The molecule has 4 aromatic rings. The van der Waals surface area contributed by atoms with Crippen molar-refractivity contribution in [2.45, 2.75) is 25.7 Å². The molecule has 0 N–H and O–H groups in total. The summed E-state index contributed by atoms with van der Waals surface area (Å²) in [6, 6.07) is 15.3. The lowest BCUT2D eigenvalue weighted by Gasteiger charge is -2.32. The van der Waals surface area contributed by atoms with Gasteiger partial charge in [0.2, 0.25) is 5.88 Å². The van der Waals surface area contributed by atoms with Gasteiger partial charge >= 0.3 is 0 Å². The third kappa shape index (κ3) is 4.74. The number of rotatable bonds is 5. The Balaban J connectivity index is 1.31. The van der Waals surface area contributed by atoms with Crippen molar-refractivity contribution in [3.8, 4) is 17.3 Å². The van der Waals surface area contributed by atoms with Gasteiger partial charge in [-0.1, -0.05) is 18.2 Å². The quantitative estimate of drug-likeness (QED) is 0.463. The Morgan fingerprint density at radius 2 is 1.91 bits per heavy atom. The third-order valence-corrected chi connectivity index (χ3v) is 5.78. The largest absolute Gasteiger partial charge is 0.437 e. The number of aryl methyl sites for hydroxylation is 1. The lowest BCUT2D eigenvalue weighted by Crippen LogP contribution is -2.39. The maximum Gasteiger partial charge on any atom is 0.253 e. The van der Waals surface area contributed by atoms with Crippen LogP contribution in [0.3, 0.4) is 0 Å². The molecular weight excluding hydrogens is 416 g/mol. The van der Waals surface area contributed by atoms with Crippen molar-refractivity contribution >= 4 is 5.91 Å². The average Bonchev–Trinajstić information content (AvgIpc) is 3.39. The molecule has 2 aromatic carbocycles. The van der Waals surface area contributed by atoms with Gasteiger partial charge in [0.05, 0.1) is 11.9 Å². The van der Waals surface area contributed by atoms with Gasteiger partial charge in [0, 0.05) is 36.5 Å². The summed E-state index contributed by atoms with van der Waals surface area (Å²) in [5, 5.41) is 7.68. The molecular formula is C25H24N6O2. The van der Waals surface area contributed by atoms with E-state index in [2.05, 4.69) is 15.2 Å². The molecule has 8 heteroatoms. The van der Waals surface area contributed by atoms with E-state index in [1.165, 1.54) is 0 Å². The van der Waals surface area contributed by atoms with Crippen LogP contribution in [0.25, 0.3) is 5.69 Å². The smallest absolute Gasteiger partial charge is 0.253 e. The van der Waals surface area contributed by atoms with E-state index in [4.69, 9.17) is 9.72 Å². The SMILES string of the molecule is Cc1cccc(Oc2cncc([C@@H]3CCCN(C(=O)c4cccc(-n5cnnc5)c4)C3)n2)c1. The molecule has 5 rings (SSSR count). The topological polar surface area (TPSA) is 86.0 Å². The van der Waals surface area contributed by atoms with Crippen molar-refractivity contribution in [1.29, 1.82) is 0 Å². The number of likely N-dealkylation sites (tertiary alicyclic amines) is 1. The van der Waals surface area contributed by atoms with Crippen molar-refractivity contribution in [2.75, 3.05) is 13.1 Å². The number of benzene rings is 2. The highest BCUT2D eigenvalue weighted by Crippen LogP contribution is 2.28. The molecule has 33 heavy (non-hydrogen) atoms. The van der Waals surface area contributed by atoms with Gasteiger partial charge in [0.25, 0.3) is 5.91 Å². The lowest BCUT2D eigenvalue weighted by atomic mass is 9.94. The summed E-state index contributed by atoms with van der Waals surface area (Å²) in [4.78, 5) is 24.2. The standard InChI is InChI=1S/C25H24N6O2/c1-18-5-2-9-22(11-18)33-24-14-26-13-23(29-24)20-7-4-10-30(15-20)25(32)19-6-3-8-21(12-19)31-16-27-28-17-31/h2-3,5-6,8-9,11-14,16-17,20H,4,7,10,15H2,1H3/t20-/m1/s1. The molecule has 0 aliphatic carbocycles. The van der Waals surface area contributed by atoms with Gasteiger partial charge in [-0.3, -0.25) is 14.3 Å². The molecule has 0 saturated carbocycles. The number of ether oxygens (including phenoxy) is 1. The first-order valence-electron chi connectivity index (χ1n) is 11.0. The second kappa shape index (κ2) is 9.20. The number of piperidine rings is 1. The molecule has 1 atom stereocenters. The maximum atomic E-state index is 13.3. The fourth-order valence-corrected chi connectivity index (χ4v) is 4.13. The van der Waals surface area contributed by atoms with Crippen molar-refractivity contribution in [3.05, 3.63) is 90.4 Å². The fraction of sp³-hybridized carbons (Fsp3) is 0.240. The Morgan fingerprint density at radius 3 is 2.76 bits per heavy atom. The van der Waals surface area contributed by atoms with Gasteiger partial charge in [-0.15, -0.1) is 10.2 Å². The van der Waals surface area contributed by atoms with E-state index in [0.717, 1.165) is 42.1 Å². The van der Waals surface area contributed by atoms with Crippen LogP contribution in [0.5, 0.6) is 11.6 Å². The first-order valence-corrected chi connectivity index (χ1v) is 11.0. The molecule has 8 nitrogen and oxygen atoms in total. The highest BCUT2D eigenvalue weighted by molar-refractivity contribution is 5.94. The van der Waals surface area contributed by atoms with Crippen LogP contribution < -0.4 is 4.74 Å². The van der Waals surface area contributed by atoms with Gasteiger partial charge in [-0.05, 0) is 55.7 Å². The maximum absolute atomic E-state index is 13.3. The van der Waals surface area contributed by atoms with Crippen molar-refractivity contribution in [1.82, 2.24) is 29.6 Å². The van der Waals surface area contributed by atoms with E-state index >= 15 is 0 Å². The molecule has 166 valence electrons. The van der Waals surface area contributed by atoms with Crippen molar-refractivity contribution in [3.63, 3.8) is 0 Å². The summed E-state index contributed by atoms with van der Waals surface area (Å²) in [6.07, 6.45) is 8.48. The third-order valence-electron chi connectivity index (χ3n) is 5.78. The van der Waals surface area contributed by atoms with Crippen LogP contribution in [0.15, 0.2) is 73.6 Å². The molecule has 3 heterocycles. The van der Waals surface area contributed by atoms with E-state index < -0.39 is 0 Å². The minimum Gasteiger partial charge on any atom is -0.437 e. The molecule has 2 aromatic heterocycles. The second-order valence-electron chi connectivity index (χ2n) is 8.21. The van der Waals surface area contributed by atoms with Crippen LogP contribution in [0, 0.1) is 6.92 Å². The molecule has 0 radical (unpaired) electrons. The molecule has 0 spiro atoms. The van der Waals surface area contributed by atoms with Gasteiger partial charge in [0.15, 0.2) is 0 Å². The van der Waals surface area contributed by atoms with Crippen LogP contribution in [-0.2, 0) is 0 Å². The minimum atomic E-state index is 0.00903. The number of nitrogens with zero attached hydrogens (tertiary/aromatic N) is 6. The Morgan fingerprint density at radius 1 is 1.06 bits per heavy atom. The number of carbonyl (C=O) groups excluding carboxylic acids is 1. The molecule has 1 fully saturated rings.